The molecule has 1 aromatic heterocycles. The summed E-state index contributed by atoms with van der Waals surface area (Å²) in [5.41, 5.74) is 2.98. The fourth-order valence-electron chi connectivity index (χ4n) is 1.84. The van der Waals surface area contributed by atoms with Crippen LogP contribution in [0.2, 0.25) is 0 Å². The van der Waals surface area contributed by atoms with E-state index in [1.54, 1.807) is 26.6 Å². The molecule has 0 bridgehead atoms. The van der Waals surface area contributed by atoms with Crippen molar-refractivity contribution in [3.05, 3.63) is 47.5 Å². The summed E-state index contributed by atoms with van der Waals surface area (Å²) in [5.74, 6) is 1.47. The molecule has 0 aliphatic heterocycles. The third-order valence-electron chi connectivity index (χ3n) is 2.92. The van der Waals surface area contributed by atoms with Gasteiger partial charge in [0.1, 0.15) is 0 Å². The Bertz CT molecular complexity index is 556. The average molecular weight is 273 g/mol. The van der Waals surface area contributed by atoms with E-state index < -0.39 is 0 Å². The molecule has 1 aromatic carbocycles. The highest BCUT2D eigenvalue weighted by atomic mass is 16.5. The van der Waals surface area contributed by atoms with Crippen molar-refractivity contribution in [2.75, 3.05) is 14.2 Å². The summed E-state index contributed by atoms with van der Waals surface area (Å²) in [6.07, 6.45) is 3.56. The van der Waals surface area contributed by atoms with Gasteiger partial charge in [-0.1, -0.05) is 6.07 Å². The molecule has 0 unspecified atom stereocenters. The third kappa shape index (κ3) is 3.68. The molecule has 2 aromatic rings. The van der Waals surface area contributed by atoms with Crippen LogP contribution in [0.3, 0.4) is 0 Å². The van der Waals surface area contributed by atoms with Gasteiger partial charge in [-0.25, -0.2) is 0 Å². The minimum Gasteiger partial charge on any atom is -0.493 e. The van der Waals surface area contributed by atoms with E-state index in [4.69, 9.17) is 9.47 Å². The molecule has 0 saturated heterocycles. The van der Waals surface area contributed by atoms with E-state index >= 15 is 0 Å². The first-order valence-electron chi connectivity index (χ1n) is 6.42. The number of rotatable bonds is 6. The second-order valence-electron chi connectivity index (χ2n) is 4.44. The third-order valence-corrected chi connectivity index (χ3v) is 2.92. The number of nitrogens with zero attached hydrogens (tertiary/aromatic N) is 2. The predicted octanol–water partition coefficient (Wildman–Crippen LogP) is 2.09. The summed E-state index contributed by atoms with van der Waals surface area (Å²) in [6.45, 7) is 3.34. The first-order chi connectivity index (χ1) is 9.72. The Labute approximate surface area is 119 Å². The van der Waals surface area contributed by atoms with E-state index in [-0.39, 0.29) is 0 Å². The van der Waals surface area contributed by atoms with Gasteiger partial charge in [-0.05, 0) is 24.6 Å². The van der Waals surface area contributed by atoms with Gasteiger partial charge in [0.2, 0.25) is 0 Å². The van der Waals surface area contributed by atoms with Crippen LogP contribution in [0.5, 0.6) is 11.5 Å². The lowest BCUT2D eigenvalue weighted by atomic mass is 10.2. The second kappa shape index (κ2) is 6.86. The summed E-state index contributed by atoms with van der Waals surface area (Å²) in [6, 6.07) is 5.88. The maximum absolute atomic E-state index is 5.28. The first kappa shape index (κ1) is 14.3. The van der Waals surface area contributed by atoms with Crippen molar-refractivity contribution in [3.8, 4) is 11.5 Å². The smallest absolute Gasteiger partial charge is 0.161 e. The molecule has 5 nitrogen and oxygen atoms in total. The number of aromatic nitrogens is 2. The molecule has 0 atom stereocenters. The van der Waals surface area contributed by atoms with Crippen LogP contribution in [0.15, 0.2) is 30.6 Å². The Morgan fingerprint density at radius 2 is 1.80 bits per heavy atom. The topological polar surface area (TPSA) is 56.3 Å². The zero-order valence-electron chi connectivity index (χ0n) is 12.0. The number of nitrogens with one attached hydrogen (secondary N) is 1. The lowest BCUT2D eigenvalue weighted by Crippen LogP contribution is -2.14. The van der Waals surface area contributed by atoms with E-state index in [0.29, 0.717) is 6.54 Å². The number of hydrogen-bond donors (Lipinski definition) is 1. The number of ether oxygens (including phenoxy) is 2. The quantitative estimate of drug-likeness (QED) is 0.873. The summed E-state index contributed by atoms with van der Waals surface area (Å²) in [4.78, 5) is 8.52. The van der Waals surface area contributed by atoms with Gasteiger partial charge in [-0.15, -0.1) is 0 Å². The Hall–Kier alpha value is -2.14. The summed E-state index contributed by atoms with van der Waals surface area (Å²) in [5, 5.41) is 3.33. The monoisotopic (exact) mass is 273 g/mol. The average Bonchev–Trinajstić information content (AvgIpc) is 2.49. The van der Waals surface area contributed by atoms with Crippen LogP contribution in [-0.4, -0.2) is 24.2 Å². The maximum Gasteiger partial charge on any atom is 0.161 e. The molecule has 1 N–H and O–H groups in total. The van der Waals surface area contributed by atoms with Crippen molar-refractivity contribution in [1.82, 2.24) is 15.3 Å². The van der Waals surface area contributed by atoms with E-state index in [0.717, 1.165) is 35.0 Å². The number of hydrogen-bond acceptors (Lipinski definition) is 5. The Morgan fingerprint density at radius 3 is 2.45 bits per heavy atom. The fourth-order valence-corrected chi connectivity index (χ4v) is 1.84. The fraction of sp³-hybridized carbons (Fsp3) is 0.333. The van der Waals surface area contributed by atoms with Crippen LogP contribution in [-0.2, 0) is 13.1 Å². The second-order valence-corrected chi connectivity index (χ2v) is 4.44. The Kier molecular flexibility index (Phi) is 4.90. The molecule has 1 heterocycles. The van der Waals surface area contributed by atoms with Gasteiger partial charge in [-0.3, -0.25) is 9.97 Å². The van der Waals surface area contributed by atoms with Crippen molar-refractivity contribution in [3.63, 3.8) is 0 Å². The van der Waals surface area contributed by atoms with E-state index in [1.165, 1.54) is 0 Å². The highest BCUT2D eigenvalue weighted by Crippen LogP contribution is 2.27. The van der Waals surface area contributed by atoms with E-state index in [2.05, 4.69) is 15.3 Å². The van der Waals surface area contributed by atoms with Crippen LogP contribution in [0, 0.1) is 6.92 Å². The van der Waals surface area contributed by atoms with Gasteiger partial charge in [0, 0.05) is 25.5 Å². The number of methoxy groups -OCH3 is 2. The van der Waals surface area contributed by atoms with Crippen molar-refractivity contribution in [1.29, 1.82) is 0 Å². The molecular formula is C15H19N3O2. The maximum atomic E-state index is 5.28. The van der Waals surface area contributed by atoms with Crippen LogP contribution in [0.1, 0.15) is 17.0 Å². The summed E-state index contributed by atoms with van der Waals surface area (Å²) < 4.78 is 10.5. The van der Waals surface area contributed by atoms with Gasteiger partial charge < -0.3 is 14.8 Å². The molecule has 106 valence electrons. The van der Waals surface area contributed by atoms with Crippen molar-refractivity contribution in [2.24, 2.45) is 0 Å². The lowest BCUT2D eigenvalue weighted by molar-refractivity contribution is 0.354. The normalized spacial score (nSPS) is 10.3. The standard InChI is InChI=1S/C15H19N3O2/c1-11-7-18-13(10-17-11)9-16-8-12-4-5-14(19-2)15(6-12)20-3/h4-7,10,16H,8-9H2,1-3H3. The number of aryl methyl sites for hydroxylation is 1. The van der Waals surface area contributed by atoms with E-state index in [1.807, 2.05) is 25.1 Å². The first-order valence-corrected chi connectivity index (χ1v) is 6.42. The molecule has 0 amide bonds. The zero-order valence-corrected chi connectivity index (χ0v) is 12.0. The molecule has 0 aliphatic carbocycles. The van der Waals surface area contributed by atoms with E-state index in [9.17, 15) is 0 Å². The molecule has 20 heavy (non-hydrogen) atoms. The van der Waals surface area contributed by atoms with Crippen molar-refractivity contribution < 1.29 is 9.47 Å². The largest absolute Gasteiger partial charge is 0.493 e. The summed E-state index contributed by atoms with van der Waals surface area (Å²) in [7, 11) is 3.27. The van der Waals surface area contributed by atoms with Crippen molar-refractivity contribution >= 4 is 0 Å². The molecule has 2 rings (SSSR count). The van der Waals surface area contributed by atoms with Gasteiger partial charge >= 0.3 is 0 Å². The number of benzene rings is 1. The molecule has 0 radical (unpaired) electrons. The van der Waals surface area contributed by atoms with Gasteiger partial charge in [0.15, 0.2) is 11.5 Å². The molecule has 0 spiro atoms. The van der Waals surface area contributed by atoms with Crippen LogP contribution >= 0.6 is 0 Å². The minimum absolute atomic E-state index is 0.682. The highest BCUT2D eigenvalue weighted by molar-refractivity contribution is 5.42. The summed E-state index contributed by atoms with van der Waals surface area (Å²) >= 11 is 0. The van der Waals surface area contributed by atoms with Crippen molar-refractivity contribution in [2.45, 2.75) is 20.0 Å². The molecule has 0 aliphatic rings. The van der Waals surface area contributed by atoms with Gasteiger partial charge in [0.25, 0.3) is 0 Å². The molecule has 5 heteroatoms. The van der Waals surface area contributed by atoms with Gasteiger partial charge in [0.05, 0.1) is 25.6 Å². The highest BCUT2D eigenvalue weighted by Gasteiger charge is 2.04. The van der Waals surface area contributed by atoms with Gasteiger partial charge in [-0.2, -0.15) is 0 Å². The Balaban J connectivity index is 1.92. The zero-order chi connectivity index (χ0) is 14.4. The van der Waals surface area contributed by atoms with Crippen LogP contribution in [0.25, 0.3) is 0 Å². The lowest BCUT2D eigenvalue weighted by Gasteiger charge is -2.10. The molecule has 0 saturated carbocycles. The molecule has 0 fully saturated rings. The van der Waals surface area contributed by atoms with Crippen LogP contribution < -0.4 is 14.8 Å². The molecular weight excluding hydrogens is 254 g/mol. The Morgan fingerprint density at radius 1 is 1.00 bits per heavy atom. The predicted molar refractivity (Wildman–Crippen MR) is 76.9 cm³/mol. The SMILES string of the molecule is COc1ccc(CNCc2cnc(C)cn2)cc1OC. The van der Waals surface area contributed by atoms with Crippen LogP contribution in [0.4, 0.5) is 0 Å². The minimum atomic E-state index is 0.682.